The molecule has 0 spiro atoms. The molecular formula is C14H15Cl2N3O2. The average molecular weight is 328 g/mol. The number of para-hydroxylation sites is 1. The van der Waals surface area contributed by atoms with E-state index in [9.17, 15) is 9.59 Å². The van der Waals surface area contributed by atoms with Gasteiger partial charge in [0.1, 0.15) is 6.04 Å². The second-order valence-corrected chi connectivity index (χ2v) is 6.07. The highest BCUT2D eigenvalue weighted by Gasteiger charge is 2.41. The molecule has 2 aliphatic rings. The summed E-state index contributed by atoms with van der Waals surface area (Å²) in [6.07, 6.45) is 2.27. The maximum absolute atomic E-state index is 12.5. The normalized spacial score (nSPS) is 23.0. The zero-order valence-electron chi connectivity index (χ0n) is 11.3. The fourth-order valence-electron chi connectivity index (χ4n) is 2.79. The van der Waals surface area contributed by atoms with Gasteiger partial charge in [-0.25, -0.2) is 9.69 Å². The molecule has 2 fully saturated rings. The molecule has 1 aromatic rings. The van der Waals surface area contributed by atoms with Gasteiger partial charge in [-0.1, -0.05) is 29.3 Å². The topological polar surface area (TPSA) is 52.7 Å². The number of anilines is 1. The molecule has 3 rings (SSSR count). The third kappa shape index (κ3) is 2.73. The number of benzene rings is 1. The van der Waals surface area contributed by atoms with E-state index in [2.05, 4.69) is 10.2 Å². The third-order valence-electron chi connectivity index (χ3n) is 3.82. The molecule has 0 aliphatic carbocycles. The van der Waals surface area contributed by atoms with Crippen LogP contribution in [0.5, 0.6) is 0 Å². The van der Waals surface area contributed by atoms with Crippen molar-refractivity contribution >= 4 is 40.8 Å². The summed E-state index contributed by atoms with van der Waals surface area (Å²) in [5.41, 5.74) is 0.257. The van der Waals surface area contributed by atoms with Crippen molar-refractivity contribution in [2.24, 2.45) is 0 Å². The number of nitrogens with one attached hydrogen (secondary N) is 1. The minimum Gasteiger partial charge on any atom is -0.324 e. The van der Waals surface area contributed by atoms with E-state index in [1.807, 2.05) is 0 Å². The number of halogens is 2. The summed E-state index contributed by atoms with van der Waals surface area (Å²) in [6, 6.07) is 3.88. The third-order valence-corrected chi connectivity index (χ3v) is 4.43. The number of carbonyl (C=O) groups is 2. The fraction of sp³-hybridized carbons (Fsp3) is 0.429. The average Bonchev–Trinajstić information content (AvgIpc) is 3.02. The van der Waals surface area contributed by atoms with Gasteiger partial charge in [-0.2, -0.15) is 0 Å². The predicted molar refractivity (Wildman–Crippen MR) is 81.9 cm³/mol. The number of likely N-dealkylation sites (tertiary alicyclic amines) is 1. The van der Waals surface area contributed by atoms with Crippen LogP contribution in [-0.2, 0) is 4.79 Å². The van der Waals surface area contributed by atoms with Crippen molar-refractivity contribution in [3.8, 4) is 0 Å². The Morgan fingerprint density at radius 3 is 2.38 bits per heavy atom. The summed E-state index contributed by atoms with van der Waals surface area (Å²) in [5.74, 6) is -0.304. The summed E-state index contributed by atoms with van der Waals surface area (Å²) < 4.78 is 0. The summed E-state index contributed by atoms with van der Waals surface area (Å²) in [4.78, 5) is 27.9. The van der Waals surface area contributed by atoms with Crippen LogP contribution in [-0.4, -0.2) is 42.5 Å². The van der Waals surface area contributed by atoms with Crippen LogP contribution in [0.15, 0.2) is 18.2 Å². The van der Waals surface area contributed by atoms with Crippen LogP contribution in [0.2, 0.25) is 10.0 Å². The van der Waals surface area contributed by atoms with E-state index in [0.717, 1.165) is 30.8 Å². The number of nitrogens with zero attached hydrogens (tertiary/aromatic N) is 2. The molecule has 1 N–H and O–H groups in total. The van der Waals surface area contributed by atoms with Gasteiger partial charge >= 0.3 is 6.03 Å². The van der Waals surface area contributed by atoms with Crippen molar-refractivity contribution in [3.05, 3.63) is 28.2 Å². The van der Waals surface area contributed by atoms with Crippen LogP contribution in [0.4, 0.5) is 10.5 Å². The van der Waals surface area contributed by atoms with Crippen molar-refractivity contribution in [2.75, 3.05) is 24.5 Å². The van der Waals surface area contributed by atoms with E-state index in [1.54, 1.807) is 18.2 Å². The summed E-state index contributed by atoms with van der Waals surface area (Å²) >= 11 is 12.2. The van der Waals surface area contributed by atoms with Crippen LogP contribution in [0.3, 0.4) is 0 Å². The Morgan fingerprint density at radius 2 is 1.76 bits per heavy atom. The van der Waals surface area contributed by atoms with E-state index in [0.29, 0.717) is 6.54 Å². The molecule has 2 saturated heterocycles. The standard InChI is InChI=1S/C14H15Cl2N3O2/c15-9-4-3-5-10(16)12(9)19-13(20)11(17-14(19)21)8-18-6-1-2-7-18/h3-5,11H,1-2,6-8H2,(H,17,21). The molecule has 112 valence electrons. The molecule has 1 aromatic carbocycles. The maximum atomic E-state index is 12.5. The minimum atomic E-state index is -0.539. The molecule has 1 atom stereocenters. The van der Waals surface area contributed by atoms with Crippen LogP contribution in [0.25, 0.3) is 0 Å². The largest absolute Gasteiger partial charge is 0.329 e. The maximum Gasteiger partial charge on any atom is 0.329 e. The molecule has 3 amide bonds. The van der Waals surface area contributed by atoms with Crippen LogP contribution in [0.1, 0.15) is 12.8 Å². The van der Waals surface area contributed by atoms with E-state index < -0.39 is 12.1 Å². The van der Waals surface area contributed by atoms with Crippen molar-refractivity contribution in [3.63, 3.8) is 0 Å². The van der Waals surface area contributed by atoms with Gasteiger partial charge in [-0.3, -0.25) is 4.79 Å². The molecule has 0 radical (unpaired) electrons. The zero-order valence-corrected chi connectivity index (χ0v) is 12.8. The first kappa shape index (κ1) is 14.6. The Kier molecular flexibility index (Phi) is 4.06. The lowest BCUT2D eigenvalue weighted by atomic mass is 10.2. The fourth-order valence-corrected chi connectivity index (χ4v) is 3.36. The van der Waals surface area contributed by atoms with Gasteiger partial charge in [0.05, 0.1) is 15.7 Å². The van der Waals surface area contributed by atoms with Gasteiger partial charge in [-0.05, 0) is 38.1 Å². The van der Waals surface area contributed by atoms with E-state index in [4.69, 9.17) is 23.2 Å². The molecule has 5 nitrogen and oxygen atoms in total. The predicted octanol–water partition coefficient (Wildman–Crippen LogP) is 2.51. The van der Waals surface area contributed by atoms with Gasteiger partial charge in [-0.15, -0.1) is 0 Å². The first-order valence-corrected chi connectivity index (χ1v) is 7.64. The molecule has 0 aromatic heterocycles. The van der Waals surface area contributed by atoms with Crippen molar-refractivity contribution in [2.45, 2.75) is 18.9 Å². The second kappa shape index (κ2) is 5.83. The van der Waals surface area contributed by atoms with Gasteiger partial charge in [0.2, 0.25) is 0 Å². The monoisotopic (exact) mass is 327 g/mol. The van der Waals surface area contributed by atoms with Crippen molar-refractivity contribution in [1.82, 2.24) is 10.2 Å². The summed E-state index contributed by atoms with van der Waals surface area (Å²) in [6.45, 7) is 2.46. The molecule has 2 aliphatic heterocycles. The number of imide groups is 1. The number of amides is 3. The highest BCUT2D eigenvalue weighted by Crippen LogP contribution is 2.35. The Labute approximate surface area is 132 Å². The molecular weight excluding hydrogens is 313 g/mol. The smallest absolute Gasteiger partial charge is 0.324 e. The molecule has 1 unspecified atom stereocenters. The second-order valence-electron chi connectivity index (χ2n) is 5.25. The number of urea groups is 1. The lowest BCUT2D eigenvalue weighted by Crippen LogP contribution is -2.41. The van der Waals surface area contributed by atoms with Crippen LogP contribution >= 0.6 is 23.2 Å². The molecule has 21 heavy (non-hydrogen) atoms. The first-order chi connectivity index (χ1) is 10.1. The van der Waals surface area contributed by atoms with Gasteiger partial charge in [0.25, 0.3) is 5.91 Å². The minimum absolute atomic E-state index is 0.257. The number of hydrogen-bond donors (Lipinski definition) is 1. The quantitative estimate of drug-likeness (QED) is 0.868. The van der Waals surface area contributed by atoms with Crippen molar-refractivity contribution in [1.29, 1.82) is 0 Å². The molecule has 2 heterocycles. The lowest BCUT2D eigenvalue weighted by Gasteiger charge is -2.19. The van der Waals surface area contributed by atoms with Gasteiger partial charge in [0, 0.05) is 6.54 Å². The summed E-state index contributed by atoms with van der Waals surface area (Å²) in [7, 11) is 0. The van der Waals surface area contributed by atoms with Crippen LogP contribution < -0.4 is 10.2 Å². The first-order valence-electron chi connectivity index (χ1n) is 6.89. The Morgan fingerprint density at radius 1 is 1.14 bits per heavy atom. The van der Waals surface area contributed by atoms with Gasteiger partial charge < -0.3 is 10.2 Å². The summed E-state index contributed by atoms with van der Waals surface area (Å²) in [5, 5.41) is 3.28. The van der Waals surface area contributed by atoms with E-state index >= 15 is 0 Å². The number of hydrogen-bond acceptors (Lipinski definition) is 3. The highest BCUT2D eigenvalue weighted by atomic mass is 35.5. The van der Waals surface area contributed by atoms with Crippen molar-refractivity contribution < 1.29 is 9.59 Å². The Hall–Kier alpha value is -1.30. The Balaban J connectivity index is 1.83. The van der Waals surface area contributed by atoms with E-state index in [1.165, 1.54) is 0 Å². The SMILES string of the molecule is O=C1NC(CN2CCCC2)C(=O)N1c1c(Cl)cccc1Cl. The molecule has 0 saturated carbocycles. The Bertz CT molecular complexity index is 567. The van der Waals surface area contributed by atoms with Gasteiger partial charge in [0.15, 0.2) is 0 Å². The lowest BCUT2D eigenvalue weighted by molar-refractivity contribution is -0.118. The number of rotatable bonds is 3. The zero-order chi connectivity index (χ0) is 15.0. The number of carbonyl (C=O) groups excluding carboxylic acids is 2. The molecule has 7 heteroatoms. The highest BCUT2D eigenvalue weighted by molar-refractivity contribution is 6.42. The van der Waals surface area contributed by atoms with E-state index in [-0.39, 0.29) is 21.6 Å². The van der Waals surface area contributed by atoms with Crippen LogP contribution in [0, 0.1) is 0 Å². The molecule has 0 bridgehead atoms.